The van der Waals surface area contributed by atoms with Gasteiger partial charge in [-0.25, -0.2) is 0 Å². The van der Waals surface area contributed by atoms with Crippen LogP contribution in [0.15, 0.2) is 42.5 Å². The standard InChI is InChI=1S/C21H23N5O2/c1-15-5-8-17(9-6-15)26-21(22-23-24-26)20(25-11-3-2-4-12-25)16-7-10-18-19(13-16)28-14-27-18/h5-10,13,20H,2-4,11-12,14H2,1H3. The van der Waals surface area contributed by atoms with Crippen molar-refractivity contribution in [3.8, 4) is 17.2 Å². The van der Waals surface area contributed by atoms with Crippen molar-refractivity contribution in [2.24, 2.45) is 0 Å². The molecule has 1 unspecified atom stereocenters. The Morgan fingerprint density at radius 3 is 2.54 bits per heavy atom. The first kappa shape index (κ1) is 17.2. The molecule has 1 atom stereocenters. The average Bonchev–Trinajstić information content (AvgIpc) is 3.39. The van der Waals surface area contributed by atoms with E-state index in [1.54, 1.807) is 0 Å². The third-order valence-electron chi connectivity index (χ3n) is 5.48. The summed E-state index contributed by atoms with van der Waals surface area (Å²) in [5.41, 5.74) is 3.30. The third kappa shape index (κ3) is 3.11. The zero-order chi connectivity index (χ0) is 18.9. The van der Waals surface area contributed by atoms with E-state index >= 15 is 0 Å². The molecule has 1 aromatic heterocycles. The van der Waals surface area contributed by atoms with Gasteiger partial charge in [0.15, 0.2) is 17.3 Å². The van der Waals surface area contributed by atoms with E-state index in [9.17, 15) is 0 Å². The summed E-state index contributed by atoms with van der Waals surface area (Å²) in [6, 6.07) is 14.4. The van der Waals surface area contributed by atoms with Gasteiger partial charge in [-0.1, -0.05) is 30.2 Å². The maximum atomic E-state index is 5.62. The molecule has 7 heteroatoms. The van der Waals surface area contributed by atoms with E-state index in [0.29, 0.717) is 0 Å². The SMILES string of the molecule is Cc1ccc(-n2nnnc2C(c2ccc3c(c2)OCO3)N2CCCCC2)cc1. The topological polar surface area (TPSA) is 65.3 Å². The fraction of sp³-hybridized carbons (Fsp3) is 0.381. The Kier molecular flexibility index (Phi) is 4.44. The minimum Gasteiger partial charge on any atom is -0.454 e. The summed E-state index contributed by atoms with van der Waals surface area (Å²) in [4.78, 5) is 2.47. The maximum absolute atomic E-state index is 5.62. The zero-order valence-electron chi connectivity index (χ0n) is 15.9. The monoisotopic (exact) mass is 377 g/mol. The van der Waals surface area contributed by atoms with Crippen molar-refractivity contribution in [2.75, 3.05) is 19.9 Å². The minimum atomic E-state index is -0.0360. The van der Waals surface area contributed by atoms with Crippen molar-refractivity contribution >= 4 is 0 Å². The summed E-state index contributed by atoms with van der Waals surface area (Å²) in [5.74, 6) is 2.40. The van der Waals surface area contributed by atoms with Crippen molar-refractivity contribution in [2.45, 2.75) is 32.2 Å². The van der Waals surface area contributed by atoms with Crippen molar-refractivity contribution < 1.29 is 9.47 Å². The van der Waals surface area contributed by atoms with E-state index in [-0.39, 0.29) is 12.8 Å². The van der Waals surface area contributed by atoms with Crippen LogP contribution < -0.4 is 9.47 Å². The molecular weight excluding hydrogens is 354 g/mol. The molecule has 0 spiro atoms. The van der Waals surface area contributed by atoms with Crippen LogP contribution in [0.25, 0.3) is 5.69 Å². The summed E-state index contributed by atoms with van der Waals surface area (Å²) >= 11 is 0. The highest BCUT2D eigenvalue weighted by Gasteiger charge is 2.30. The van der Waals surface area contributed by atoms with Crippen molar-refractivity contribution in [3.05, 3.63) is 59.4 Å². The van der Waals surface area contributed by atoms with Crippen LogP contribution in [0.2, 0.25) is 0 Å². The molecule has 2 aliphatic rings. The van der Waals surface area contributed by atoms with Crippen LogP contribution in [-0.4, -0.2) is 45.0 Å². The Bertz CT molecular complexity index is 963. The highest BCUT2D eigenvalue weighted by atomic mass is 16.7. The van der Waals surface area contributed by atoms with E-state index in [1.165, 1.54) is 24.8 Å². The Hall–Kier alpha value is -2.93. The first-order valence-corrected chi connectivity index (χ1v) is 9.78. The number of piperidine rings is 1. The number of aryl methyl sites for hydroxylation is 1. The summed E-state index contributed by atoms with van der Waals surface area (Å²) in [6.07, 6.45) is 3.65. The predicted molar refractivity (Wildman–Crippen MR) is 104 cm³/mol. The number of tetrazole rings is 1. The Morgan fingerprint density at radius 2 is 1.71 bits per heavy atom. The van der Waals surface area contributed by atoms with E-state index in [2.05, 4.69) is 63.7 Å². The second kappa shape index (κ2) is 7.24. The van der Waals surface area contributed by atoms with E-state index in [0.717, 1.165) is 41.7 Å². The van der Waals surface area contributed by atoms with Gasteiger partial charge >= 0.3 is 0 Å². The third-order valence-corrected chi connectivity index (χ3v) is 5.48. The van der Waals surface area contributed by atoms with Gasteiger partial charge in [-0.15, -0.1) is 5.10 Å². The molecule has 0 bridgehead atoms. The van der Waals surface area contributed by atoms with Crippen LogP contribution in [0.1, 0.15) is 42.3 Å². The fourth-order valence-corrected chi connectivity index (χ4v) is 4.02. The first-order chi connectivity index (χ1) is 13.8. The van der Waals surface area contributed by atoms with Gasteiger partial charge in [0.2, 0.25) is 6.79 Å². The van der Waals surface area contributed by atoms with Gasteiger partial charge in [0.1, 0.15) is 0 Å². The minimum absolute atomic E-state index is 0.0360. The second-order valence-corrected chi connectivity index (χ2v) is 7.40. The van der Waals surface area contributed by atoms with Gasteiger partial charge in [0, 0.05) is 0 Å². The van der Waals surface area contributed by atoms with Gasteiger partial charge in [0.05, 0.1) is 11.7 Å². The molecule has 0 N–H and O–H groups in total. The summed E-state index contributed by atoms with van der Waals surface area (Å²) < 4.78 is 13.0. The lowest BCUT2D eigenvalue weighted by Crippen LogP contribution is -2.35. The molecule has 1 fully saturated rings. The first-order valence-electron chi connectivity index (χ1n) is 9.78. The van der Waals surface area contributed by atoms with Gasteiger partial charge in [0.25, 0.3) is 0 Å². The number of fused-ring (bicyclic) bond motifs is 1. The van der Waals surface area contributed by atoms with Crippen molar-refractivity contribution in [1.29, 1.82) is 0 Å². The van der Waals surface area contributed by atoms with Crippen LogP contribution in [0.4, 0.5) is 0 Å². The van der Waals surface area contributed by atoms with E-state index in [1.807, 2.05) is 10.7 Å². The molecular formula is C21H23N5O2. The number of ether oxygens (including phenoxy) is 2. The lowest BCUT2D eigenvalue weighted by molar-refractivity contribution is 0.172. The molecule has 2 aliphatic heterocycles. The van der Waals surface area contributed by atoms with Gasteiger partial charge in [-0.2, -0.15) is 4.68 Å². The van der Waals surface area contributed by atoms with Crippen LogP contribution in [0, 0.1) is 6.92 Å². The average molecular weight is 377 g/mol. The van der Waals surface area contributed by atoms with Crippen LogP contribution >= 0.6 is 0 Å². The number of hydrogen-bond donors (Lipinski definition) is 0. The van der Waals surface area contributed by atoms with E-state index in [4.69, 9.17) is 9.47 Å². The highest BCUT2D eigenvalue weighted by molar-refractivity contribution is 5.46. The van der Waals surface area contributed by atoms with Gasteiger partial charge < -0.3 is 9.47 Å². The molecule has 144 valence electrons. The molecule has 0 aliphatic carbocycles. The predicted octanol–water partition coefficient (Wildman–Crippen LogP) is 3.27. The molecule has 28 heavy (non-hydrogen) atoms. The quantitative estimate of drug-likeness (QED) is 0.695. The maximum Gasteiger partial charge on any atom is 0.231 e. The number of hydrogen-bond acceptors (Lipinski definition) is 6. The van der Waals surface area contributed by atoms with Crippen LogP contribution in [-0.2, 0) is 0 Å². The molecule has 1 saturated heterocycles. The molecule has 2 aromatic carbocycles. The number of rotatable bonds is 4. The molecule has 3 aromatic rings. The summed E-state index contributed by atoms with van der Waals surface area (Å²) in [5, 5.41) is 12.8. The van der Waals surface area contributed by atoms with E-state index < -0.39 is 0 Å². The van der Waals surface area contributed by atoms with Crippen molar-refractivity contribution in [3.63, 3.8) is 0 Å². The van der Waals surface area contributed by atoms with Crippen molar-refractivity contribution in [1.82, 2.24) is 25.1 Å². The largest absolute Gasteiger partial charge is 0.454 e. The lowest BCUT2D eigenvalue weighted by atomic mass is 10.00. The Labute approximate surface area is 163 Å². The Balaban J connectivity index is 1.59. The van der Waals surface area contributed by atoms with Crippen LogP contribution in [0.3, 0.4) is 0 Å². The molecule has 0 radical (unpaired) electrons. The molecule has 3 heterocycles. The number of nitrogens with zero attached hydrogens (tertiary/aromatic N) is 5. The second-order valence-electron chi connectivity index (χ2n) is 7.40. The molecule has 7 nitrogen and oxygen atoms in total. The fourth-order valence-electron chi connectivity index (χ4n) is 4.02. The Morgan fingerprint density at radius 1 is 0.929 bits per heavy atom. The number of aromatic nitrogens is 4. The zero-order valence-corrected chi connectivity index (χ0v) is 15.9. The molecule has 0 saturated carbocycles. The highest BCUT2D eigenvalue weighted by Crippen LogP contribution is 2.38. The number of likely N-dealkylation sites (tertiary alicyclic amines) is 1. The smallest absolute Gasteiger partial charge is 0.231 e. The normalized spacial score (nSPS) is 17.6. The lowest BCUT2D eigenvalue weighted by Gasteiger charge is -2.34. The number of benzene rings is 2. The summed E-state index contributed by atoms with van der Waals surface area (Å²) in [6.45, 7) is 4.40. The molecule has 0 amide bonds. The van der Waals surface area contributed by atoms with Crippen LogP contribution in [0.5, 0.6) is 11.5 Å². The molecule has 5 rings (SSSR count). The van der Waals surface area contributed by atoms with Gasteiger partial charge in [-0.05, 0) is 73.1 Å². The summed E-state index contributed by atoms with van der Waals surface area (Å²) in [7, 11) is 0. The van der Waals surface area contributed by atoms with Gasteiger partial charge in [-0.3, -0.25) is 4.90 Å².